The summed E-state index contributed by atoms with van der Waals surface area (Å²) in [5.74, 6) is -0.104. The molecular formula is C13H24N4O2. The molecule has 0 saturated carbocycles. The number of rotatable bonds is 4. The Morgan fingerprint density at radius 2 is 2.05 bits per heavy atom. The molecule has 4 N–H and O–H groups in total. The summed E-state index contributed by atoms with van der Waals surface area (Å²) >= 11 is 0. The van der Waals surface area contributed by atoms with E-state index in [4.69, 9.17) is 5.73 Å². The number of hydrogen-bond acceptors (Lipinski definition) is 4. The summed E-state index contributed by atoms with van der Waals surface area (Å²) < 4.78 is 0. The van der Waals surface area contributed by atoms with Crippen LogP contribution in [0.5, 0.6) is 0 Å². The van der Waals surface area contributed by atoms with Crippen molar-refractivity contribution < 1.29 is 9.59 Å². The SMILES string of the molecule is NC(=O)CN1CCC(NC2CCCNC(=O)C2)CC1. The van der Waals surface area contributed by atoms with Crippen LogP contribution in [-0.2, 0) is 9.59 Å². The minimum absolute atomic E-state index is 0.154. The van der Waals surface area contributed by atoms with Crippen molar-refractivity contribution in [3.63, 3.8) is 0 Å². The third-order valence-electron chi connectivity index (χ3n) is 3.92. The number of carbonyl (C=O) groups is 2. The van der Waals surface area contributed by atoms with Crippen LogP contribution < -0.4 is 16.4 Å². The zero-order valence-electron chi connectivity index (χ0n) is 11.4. The Labute approximate surface area is 114 Å². The zero-order valence-corrected chi connectivity index (χ0v) is 11.4. The van der Waals surface area contributed by atoms with Crippen molar-refractivity contribution in [1.29, 1.82) is 0 Å². The summed E-state index contributed by atoms with van der Waals surface area (Å²) in [6.07, 6.45) is 4.72. The van der Waals surface area contributed by atoms with Crippen molar-refractivity contribution >= 4 is 11.8 Å². The number of nitrogens with two attached hydrogens (primary N) is 1. The number of likely N-dealkylation sites (tertiary alicyclic amines) is 1. The Balaban J connectivity index is 1.72. The van der Waals surface area contributed by atoms with Crippen LogP contribution in [0.4, 0.5) is 0 Å². The molecule has 0 bridgehead atoms. The molecule has 0 aromatic rings. The second-order valence-corrected chi connectivity index (χ2v) is 5.58. The van der Waals surface area contributed by atoms with E-state index in [0.717, 1.165) is 45.3 Å². The molecule has 0 aliphatic carbocycles. The number of amides is 2. The molecule has 2 saturated heterocycles. The number of hydrogen-bond donors (Lipinski definition) is 3. The van der Waals surface area contributed by atoms with Gasteiger partial charge in [0.2, 0.25) is 11.8 Å². The molecule has 2 heterocycles. The molecule has 0 radical (unpaired) electrons. The van der Waals surface area contributed by atoms with E-state index in [9.17, 15) is 9.59 Å². The monoisotopic (exact) mass is 268 g/mol. The van der Waals surface area contributed by atoms with Gasteiger partial charge in [0.15, 0.2) is 0 Å². The van der Waals surface area contributed by atoms with Gasteiger partial charge in [0, 0.05) is 38.1 Å². The number of primary amides is 1. The fourth-order valence-electron chi connectivity index (χ4n) is 2.93. The molecule has 0 aromatic heterocycles. The second-order valence-electron chi connectivity index (χ2n) is 5.58. The molecule has 2 fully saturated rings. The lowest BCUT2D eigenvalue weighted by atomic mass is 10.0. The molecular weight excluding hydrogens is 244 g/mol. The van der Waals surface area contributed by atoms with Gasteiger partial charge in [-0.1, -0.05) is 0 Å². The number of nitrogens with zero attached hydrogens (tertiary/aromatic N) is 1. The molecule has 0 spiro atoms. The topological polar surface area (TPSA) is 87.5 Å². The van der Waals surface area contributed by atoms with E-state index < -0.39 is 0 Å². The quantitative estimate of drug-likeness (QED) is 0.622. The van der Waals surface area contributed by atoms with Crippen LogP contribution in [0, 0.1) is 0 Å². The number of piperidine rings is 1. The molecule has 2 aliphatic heterocycles. The number of nitrogens with one attached hydrogen (secondary N) is 2. The van der Waals surface area contributed by atoms with Crippen molar-refractivity contribution in [2.45, 2.75) is 44.2 Å². The highest BCUT2D eigenvalue weighted by atomic mass is 16.2. The first kappa shape index (κ1) is 14.3. The van der Waals surface area contributed by atoms with Crippen LogP contribution >= 0.6 is 0 Å². The van der Waals surface area contributed by atoms with Crippen LogP contribution in [0.3, 0.4) is 0 Å². The molecule has 2 rings (SSSR count). The highest BCUT2D eigenvalue weighted by Crippen LogP contribution is 2.14. The summed E-state index contributed by atoms with van der Waals surface area (Å²) in [7, 11) is 0. The summed E-state index contributed by atoms with van der Waals surface area (Å²) in [4.78, 5) is 24.5. The van der Waals surface area contributed by atoms with Gasteiger partial charge in [-0.05, 0) is 25.7 Å². The van der Waals surface area contributed by atoms with Crippen LogP contribution in [0.15, 0.2) is 0 Å². The maximum Gasteiger partial charge on any atom is 0.231 e. The molecule has 1 unspecified atom stereocenters. The van der Waals surface area contributed by atoms with Gasteiger partial charge < -0.3 is 16.4 Å². The fourth-order valence-corrected chi connectivity index (χ4v) is 2.93. The molecule has 6 nitrogen and oxygen atoms in total. The standard InChI is InChI=1S/C13H24N4O2/c14-12(18)9-17-6-3-10(4-7-17)16-11-2-1-5-15-13(19)8-11/h10-11,16H,1-9H2,(H2,14,18)(H,15,19). The third-order valence-corrected chi connectivity index (χ3v) is 3.92. The summed E-state index contributed by atoms with van der Waals surface area (Å²) in [5, 5.41) is 6.50. The van der Waals surface area contributed by atoms with Gasteiger partial charge in [-0.15, -0.1) is 0 Å². The highest BCUT2D eigenvalue weighted by molar-refractivity contribution is 5.76. The third kappa shape index (κ3) is 4.80. The predicted octanol–water partition coefficient (Wildman–Crippen LogP) is -0.806. The van der Waals surface area contributed by atoms with E-state index in [0.29, 0.717) is 25.0 Å². The summed E-state index contributed by atoms with van der Waals surface area (Å²) in [6.45, 7) is 2.96. The van der Waals surface area contributed by atoms with Crippen molar-refractivity contribution in [1.82, 2.24) is 15.5 Å². The van der Waals surface area contributed by atoms with Crippen LogP contribution in [0.25, 0.3) is 0 Å². The van der Waals surface area contributed by atoms with Crippen molar-refractivity contribution in [2.75, 3.05) is 26.2 Å². The van der Waals surface area contributed by atoms with Gasteiger partial charge in [-0.25, -0.2) is 0 Å². The first-order valence-corrected chi connectivity index (χ1v) is 7.17. The largest absolute Gasteiger partial charge is 0.369 e. The van der Waals surface area contributed by atoms with Gasteiger partial charge in [0.05, 0.1) is 6.54 Å². The van der Waals surface area contributed by atoms with E-state index in [2.05, 4.69) is 15.5 Å². The Morgan fingerprint density at radius 3 is 2.74 bits per heavy atom. The molecule has 2 amide bonds. The minimum atomic E-state index is -0.258. The van der Waals surface area contributed by atoms with Crippen molar-refractivity contribution in [3.8, 4) is 0 Å². The lowest BCUT2D eigenvalue weighted by Gasteiger charge is -2.33. The molecule has 2 aliphatic rings. The van der Waals surface area contributed by atoms with Crippen molar-refractivity contribution in [3.05, 3.63) is 0 Å². The molecule has 0 aromatic carbocycles. The van der Waals surface area contributed by atoms with Crippen LogP contribution in [0.1, 0.15) is 32.1 Å². The minimum Gasteiger partial charge on any atom is -0.369 e. The van der Waals surface area contributed by atoms with E-state index in [-0.39, 0.29) is 11.8 Å². The Kier molecular flexibility index (Phi) is 5.15. The average Bonchev–Trinajstić information content (AvgIpc) is 2.55. The van der Waals surface area contributed by atoms with Gasteiger partial charge in [0.25, 0.3) is 0 Å². The lowest BCUT2D eigenvalue weighted by Crippen LogP contribution is -2.48. The molecule has 6 heteroatoms. The molecule has 108 valence electrons. The first-order chi connectivity index (χ1) is 9.13. The summed E-state index contributed by atoms with van der Waals surface area (Å²) in [5.41, 5.74) is 5.20. The predicted molar refractivity (Wildman–Crippen MR) is 72.4 cm³/mol. The number of carbonyl (C=O) groups excluding carboxylic acids is 2. The fraction of sp³-hybridized carbons (Fsp3) is 0.846. The molecule has 19 heavy (non-hydrogen) atoms. The smallest absolute Gasteiger partial charge is 0.231 e. The highest BCUT2D eigenvalue weighted by Gasteiger charge is 2.24. The summed E-state index contributed by atoms with van der Waals surface area (Å²) in [6, 6.07) is 0.759. The van der Waals surface area contributed by atoms with E-state index >= 15 is 0 Å². The lowest BCUT2D eigenvalue weighted by molar-refractivity contribution is -0.121. The Hall–Kier alpha value is -1.14. The molecule has 1 atom stereocenters. The van der Waals surface area contributed by atoms with E-state index in [1.54, 1.807) is 0 Å². The Bertz CT molecular complexity index is 327. The van der Waals surface area contributed by atoms with Crippen LogP contribution in [-0.4, -0.2) is 55.0 Å². The Morgan fingerprint density at radius 1 is 1.32 bits per heavy atom. The first-order valence-electron chi connectivity index (χ1n) is 7.17. The second kappa shape index (κ2) is 6.86. The van der Waals surface area contributed by atoms with Gasteiger partial charge in [-0.3, -0.25) is 14.5 Å². The van der Waals surface area contributed by atoms with Gasteiger partial charge >= 0.3 is 0 Å². The average molecular weight is 268 g/mol. The van der Waals surface area contributed by atoms with E-state index in [1.165, 1.54) is 0 Å². The maximum absolute atomic E-state index is 11.5. The maximum atomic E-state index is 11.5. The van der Waals surface area contributed by atoms with Crippen LogP contribution in [0.2, 0.25) is 0 Å². The van der Waals surface area contributed by atoms with Gasteiger partial charge in [-0.2, -0.15) is 0 Å². The van der Waals surface area contributed by atoms with Gasteiger partial charge in [0.1, 0.15) is 0 Å². The van der Waals surface area contributed by atoms with Crippen molar-refractivity contribution in [2.24, 2.45) is 5.73 Å². The normalized spacial score (nSPS) is 26.7. The zero-order chi connectivity index (χ0) is 13.7. The van der Waals surface area contributed by atoms with E-state index in [1.807, 2.05) is 0 Å².